The third kappa shape index (κ3) is 5.61. The van der Waals surface area contributed by atoms with Crippen LogP contribution < -0.4 is 0 Å². The van der Waals surface area contributed by atoms with Gasteiger partial charge in [0.25, 0.3) is 0 Å². The molecule has 0 rings (SSSR count). The number of rotatable bonds is 4. The van der Waals surface area contributed by atoms with E-state index in [1.165, 1.54) is 0 Å². The zero-order chi connectivity index (χ0) is 11.1. The van der Waals surface area contributed by atoms with E-state index in [9.17, 15) is 0 Å². The fraction of sp³-hybridized carbons (Fsp3) is 0.500. The molecule has 1 unspecified atom stereocenters. The molecule has 0 aliphatic carbocycles. The molecule has 14 heavy (non-hydrogen) atoms. The van der Waals surface area contributed by atoms with Crippen LogP contribution in [0.5, 0.6) is 0 Å². The molecule has 0 spiro atoms. The molecule has 0 aromatic heterocycles. The molecule has 0 saturated heterocycles. The van der Waals surface area contributed by atoms with Crippen LogP contribution in [0.4, 0.5) is 0 Å². The predicted octanol–water partition coefficient (Wildman–Crippen LogP) is 4.48. The molecule has 0 fully saturated rings. The van der Waals surface area contributed by atoms with Gasteiger partial charge in [0.2, 0.25) is 0 Å². The molecule has 0 aliphatic rings. The van der Waals surface area contributed by atoms with Gasteiger partial charge < -0.3 is 0 Å². The van der Waals surface area contributed by atoms with Crippen molar-refractivity contribution in [2.24, 2.45) is 11.8 Å². The van der Waals surface area contributed by atoms with E-state index in [2.05, 4.69) is 52.1 Å². The Labute approximate surface area is 99.0 Å². The van der Waals surface area contributed by atoms with Gasteiger partial charge in [-0.1, -0.05) is 45.1 Å². The molecule has 0 aromatic carbocycles. The zero-order valence-electron chi connectivity index (χ0n) is 9.36. The minimum absolute atomic E-state index is 0.292. The van der Waals surface area contributed by atoms with Crippen molar-refractivity contribution in [1.29, 1.82) is 0 Å². The quantitative estimate of drug-likeness (QED) is 0.514. The van der Waals surface area contributed by atoms with Crippen LogP contribution in [0.25, 0.3) is 0 Å². The van der Waals surface area contributed by atoms with E-state index >= 15 is 0 Å². The SMILES string of the molecule is C/C=C\C=C(/S)C(C)/C(S)=C/C(C)C. The van der Waals surface area contributed by atoms with Gasteiger partial charge >= 0.3 is 0 Å². The highest BCUT2D eigenvalue weighted by Gasteiger charge is 2.07. The first-order chi connectivity index (χ1) is 6.49. The second-order valence-electron chi connectivity index (χ2n) is 3.67. The molecule has 1 atom stereocenters. The summed E-state index contributed by atoms with van der Waals surface area (Å²) in [4.78, 5) is 2.13. The molecule has 0 radical (unpaired) electrons. The summed E-state index contributed by atoms with van der Waals surface area (Å²) >= 11 is 8.91. The number of thiol groups is 2. The smallest absolute Gasteiger partial charge is 0.0172 e. The fourth-order valence-electron chi connectivity index (χ4n) is 0.977. The number of hydrogen-bond acceptors (Lipinski definition) is 2. The number of hydrogen-bond donors (Lipinski definition) is 2. The maximum atomic E-state index is 4.47. The highest BCUT2D eigenvalue weighted by atomic mass is 32.1. The van der Waals surface area contributed by atoms with Gasteiger partial charge in [-0.05, 0) is 22.7 Å². The lowest BCUT2D eigenvalue weighted by Crippen LogP contribution is -1.96. The summed E-state index contributed by atoms with van der Waals surface area (Å²) in [5.74, 6) is 0.827. The van der Waals surface area contributed by atoms with Crippen molar-refractivity contribution >= 4 is 25.3 Å². The van der Waals surface area contributed by atoms with E-state index in [-0.39, 0.29) is 0 Å². The zero-order valence-corrected chi connectivity index (χ0v) is 11.1. The van der Waals surface area contributed by atoms with E-state index in [1.54, 1.807) is 0 Å². The van der Waals surface area contributed by atoms with Crippen LogP contribution >= 0.6 is 25.3 Å². The van der Waals surface area contributed by atoms with Crippen LogP contribution in [-0.4, -0.2) is 0 Å². The molecular formula is C12H20S2. The molecule has 0 bridgehead atoms. The largest absolute Gasteiger partial charge is 0.148 e. The average Bonchev–Trinajstić information content (AvgIpc) is 2.11. The molecule has 0 saturated carbocycles. The fourth-order valence-corrected chi connectivity index (χ4v) is 1.74. The van der Waals surface area contributed by atoms with Crippen molar-refractivity contribution in [3.05, 3.63) is 34.1 Å². The molecule has 0 amide bonds. The third-order valence-electron chi connectivity index (χ3n) is 1.85. The second-order valence-corrected chi connectivity index (χ2v) is 4.71. The highest BCUT2D eigenvalue weighted by molar-refractivity contribution is 7.85. The lowest BCUT2D eigenvalue weighted by Gasteiger charge is -2.12. The van der Waals surface area contributed by atoms with Crippen LogP contribution in [0.2, 0.25) is 0 Å². The normalized spacial score (nSPS) is 16.8. The summed E-state index contributed by atoms with van der Waals surface area (Å²) in [7, 11) is 0. The molecule has 80 valence electrons. The van der Waals surface area contributed by atoms with Crippen molar-refractivity contribution in [3.63, 3.8) is 0 Å². The van der Waals surface area contributed by atoms with Crippen molar-refractivity contribution in [1.82, 2.24) is 0 Å². The van der Waals surface area contributed by atoms with Gasteiger partial charge in [0.05, 0.1) is 0 Å². The Kier molecular flexibility index (Phi) is 7.20. The van der Waals surface area contributed by atoms with Crippen molar-refractivity contribution in [3.8, 4) is 0 Å². The summed E-state index contributed by atoms with van der Waals surface area (Å²) in [6.07, 6.45) is 8.16. The molecular weight excluding hydrogens is 208 g/mol. The molecule has 2 heteroatoms. The first-order valence-electron chi connectivity index (χ1n) is 4.91. The van der Waals surface area contributed by atoms with E-state index < -0.39 is 0 Å². The van der Waals surface area contributed by atoms with Crippen molar-refractivity contribution in [2.45, 2.75) is 27.7 Å². The molecule has 0 heterocycles. The Bertz CT molecular complexity index is 247. The first-order valence-corrected chi connectivity index (χ1v) is 5.81. The van der Waals surface area contributed by atoms with Gasteiger partial charge in [-0.2, -0.15) is 0 Å². The minimum atomic E-state index is 0.292. The molecule has 0 aromatic rings. The Hall–Kier alpha value is -0.0800. The van der Waals surface area contributed by atoms with Crippen molar-refractivity contribution < 1.29 is 0 Å². The van der Waals surface area contributed by atoms with E-state index in [4.69, 9.17) is 0 Å². The van der Waals surface area contributed by atoms with Crippen molar-refractivity contribution in [2.75, 3.05) is 0 Å². The van der Waals surface area contributed by atoms with Gasteiger partial charge in [-0.15, -0.1) is 25.3 Å². The minimum Gasteiger partial charge on any atom is -0.148 e. The summed E-state index contributed by atoms with van der Waals surface area (Å²) in [5, 5.41) is 0. The lowest BCUT2D eigenvalue weighted by atomic mass is 10.1. The maximum absolute atomic E-state index is 4.47. The van der Waals surface area contributed by atoms with Crippen LogP contribution in [0.3, 0.4) is 0 Å². The Morgan fingerprint density at radius 3 is 2.07 bits per heavy atom. The highest BCUT2D eigenvalue weighted by Crippen LogP contribution is 2.26. The predicted molar refractivity (Wildman–Crippen MR) is 73.0 cm³/mol. The van der Waals surface area contributed by atoms with E-state index in [0.717, 1.165) is 9.81 Å². The van der Waals surface area contributed by atoms with Gasteiger partial charge in [0.1, 0.15) is 0 Å². The topological polar surface area (TPSA) is 0 Å². The average molecular weight is 228 g/mol. The van der Waals surface area contributed by atoms with Crippen LogP contribution in [0, 0.1) is 11.8 Å². The summed E-state index contributed by atoms with van der Waals surface area (Å²) < 4.78 is 0. The Morgan fingerprint density at radius 1 is 1.07 bits per heavy atom. The van der Waals surface area contributed by atoms with Crippen LogP contribution in [-0.2, 0) is 0 Å². The lowest BCUT2D eigenvalue weighted by molar-refractivity contribution is 0.802. The maximum Gasteiger partial charge on any atom is 0.0172 e. The first kappa shape index (κ1) is 13.9. The summed E-state index contributed by atoms with van der Waals surface area (Å²) in [6, 6.07) is 0. The molecule has 0 N–H and O–H groups in total. The van der Waals surface area contributed by atoms with Gasteiger partial charge in [-0.25, -0.2) is 0 Å². The standard InChI is InChI=1S/C12H20S2/c1-5-6-7-11(13)10(4)12(14)8-9(2)3/h5-10,13-14H,1-4H3/b6-5-,11-7-,12-8-. The Balaban J connectivity index is 4.53. The number of allylic oxidation sites excluding steroid dienone is 6. The van der Waals surface area contributed by atoms with Crippen LogP contribution in [0.1, 0.15) is 27.7 Å². The molecule has 0 nitrogen and oxygen atoms in total. The van der Waals surface area contributed by atoms with Gasteiger partial charge in [0, 0.05) is 5.92 Å². The summed E-state index contributed by atoms with van der Waals surface area (Å²) in [5.41, 5.74) is 0. The van der Waals surface area contributed by atoms with Gasteiger partial charge in [-0.3, -0.25) is 0 Å². The van der Waals surface area contributed by atoms with Gasteiger partial charge in [0.15, 0.2) is 0 Å². The van der Waals surface area contributed by atoms with E-state index in [1.807, 2.05) is 25.2 Å². The van der Waals surface area contributed by atoms with E-state index in [0.29, 0.717) is 11.8 Å². The third-order valence-corrected chi connectivity index (χ3v) is 2.92. The second kappa shape index (κ2) is 7.24. The monoisotopic (exact) mass is 228 g/mol. The molecule has 0 aliphatic heterocycles. The Morgan fingerprint density at radius 2 is 1.64 bits per heavy atom. The van der Waals surface area contributed by atoms with Crippen LogP contribution in [0.15, 0.2) is 34.1 Å². The summed E-state index contributed by atoms with van der Waals surface area (Å²) in [6.45, 7) is 8.41.